The average molecular weight is 1940 g/mol. The molecule has 5 nitrogen and oxygen atoms in total. The van der Waals surface area contributed by atoms with Gasteiger partial charge in [0.2, 0.25) is 0 Å². The van der Waals surface area contributed by atoms with Crippen LogP contribution in [0.1, 0.15) is 11.1 Å². The third-order valence-electron chi connectivity index (χ3n) is 15.8. The number of benzene rings is 13. The van der Waals surface area contributed by atoms with Crippen LogP contribution in [0.4, 0.5) is 30.7 Å². The minimum atomic E-state index is -4.72. The Labute approximate surface area is 581 Å². The zero-order valence-corrected chi connectivity index (χ0v) is 57.9. The summed E-state index contributed by atoms with van der Waals surface area (Å²) in [6.45, 7) is 2.01. The number of aromatic nitrogens is 4. The second-order valence-electron chi connectivity index (χ2n) is 21.4. The monoisotopic (exact) mass is 1940 g/mol. The number of halogens is 7. The Morgan fingerprint density at radius 3 is 1.33 bits per heavy atom. The van der Waals surface area contributed by atoms with Gasteiger partial charge in [0, 0.05) is 116 Å². The Balaban J connectivity index is 0.000000134. The van der Waals surface area contributed by atoms with Gasteiger partial charge in [0.05, 0.1) is 5.56 Å². The van der Waals surface area contributed by atoms with Gasteiger partial charge in [0.1, 0.15) is 5.82 Å². The van der Waals surface area contributed by atoms with Crippen LogP contribution < -0.4 is 4.74 Å². The molecule has 13 aromatic carbocycles. The Hall–Kier alpha value is -8.51. The second kappa shape index (κ2) is 28.0. The number of hydrogen-bond donors (Lipinski definition) is 0. The maximum atomic E-state index is 13.3. The molecule has 0 saturated heterocycles. The third kappa shape index (κ3) is 13.8. The van der Waals surface area contributed by atoms with Crippen molar-refractivity contribution < 1.29 is 116 Å². The average Bonchev–Trinajstić information content (AvgIpc) is 0.792. The fourth-order valence-corrected chi connectivity index (χ4v) is 11.6. The molecule has 17 aromatic rings. The van der Waals surface area contributed by atoms with Crippen molar-refractivity contribution in [1.82, 2.24) is 19.9 Å². The zero-order valence-electron chi connectivity index (χ0n) is 48.3. The van der Waals surface area contributed by atoms with Crippen LogP contribution in [-0.2, 0) is 86.6 Å². The van der Waals surface area contributed by atoms with Gasteiger partial charge in [0.25, 0.3) is 0 Å². The van der Waals surface area contributed by atoms with Crippen molar-refractivity contribution in [2.45, 2.75) is 19.5 Å². The first kappa shape index (κ1) is 67.4. The normalized spacial score (nSPS) is 11.3. The van der Waals surface area contributed by atoms with Crippen LogP contribution in [0.3, 0.4) is 0 Å². The molecule has 0 bridgehead atoms. The molecule has 4 aromatic heterocycles. The van der Waals surface area contributed by atoms with Crippen molar-refractivity contribution in [3.63, 3.8) is 0 Å². The molecule has 0 N–H and O–H groups in total. The van der Waals surface area contributed by atoms with Gasteiger partial charge in [-0.1, -0.05) is 150 Å². The minimum absolute atomic E-state index is 0. The molecule has 0 amide bonds. The summed E-state index contributed by atoms with van der Waals surface area (Å²) in [7, 11) is 0. The minimum Gasteiger partial charge on any atom is -0.454 e. The maximum Gasteiger partial charge on any atom is 0.564 e. The molecule has 4 heterocycles. The molecule has 0 spiro atoms. The van der Waals surface area contributed by atoms with Gasteiger partial charge in [-0.05, 0) is 119 Å². The number of ether oxygens (including phenoxy) is 1. The first-order valence-electron chi connectivity index (χ1n) is 28.2. The molecule has 0 unspecified atom stereocenters. The topological polar surface area (TPSA) is 60.8 Å². The van der Waals surface area contributed by atoms with E-state index in [0.29, 0.717) is 21.7 Å². The van der Waals surface area contributed by atoms with Crippen molar-refractivity contribution in [1.29, 1.82) is 0 Å². The first-order chi connectivity index (χ1) is 43.2. The van der Waals surface area contributed by atoms with Crippen molar-refractivity contribution in [2.75, 3.05) is 0 Å². The van der Waals surface area contributed by atoms with Gasteiger partial charge >= 0.3 is 12.5 Å². The van der Waals surface area contributed by atoms with E-state index in [-0.39, 0.29) is 92.0 Å². The van der Waals surface area contributed by atoms with Gasteiger partial charge in [-0.15, -0.1) is 135 Å². The Morgan fingerprint density at radius 1 is 0.344 bits per heavy atom. The summed E-state index contributed by atoms with van der Waals surface area (Å²) in [5, 5.41) is 19.1. The molecule has 4 radical (unpaired) electrons. The molecule has 0 fully saturated rings. The van der Waals surface area contributed by atoms with Gasteiger partial charge in [-0.3, -0.25) is 0 Å². The SMILES string of the molecule is Cc1ccc2c(cnc3c4[c-]cc(OC(F)(F)F)cc4ccc23)c1.FC(F)(F)c1ccc2c(cnc3c4[c-]cccc4ccc23)c1.Fc1ccc2c(cnc3c4[c-]cccc4ccc23)c1.[Ir].[Ir].[Ir].[Ir].[c-]1cc(-c2ccccc2)cc2ccc3c4ccccc4cnc3c12. The van der Waals surface area contributed by atoms with Gasteiger partial charge < -0.3 is 24.7 Å². The number of aryl methyl sites for hydroxylation is 1. The smallest absolute Gasteiger partial charge is 0.454 e. The summed E-state index contributed by atoms with van der Waals surface area (Å²) in [4.78, 5) is 18.0. The van der Waals surface area contributed by atoms with Crippen LogP contribution in [0.15, 0.2) is 243 Å². The summed E-state index contributed by atoms with van der Waals surface area (Å²) in [5.74, 6) is -0.522. The Bertz CT molecular complexity index is 5640. The van der Waals surface area contributed by atoms with E-state index in [1.54, 1.807) is 24.5 Å². The first-order valence-corrected chi connectivity index (χ1v) is 28.2. The number of fused-ring (bicyclic) bond motifs is 20. The van der Waals surface area contributed by atoms with E-state index in [1.807, 2.05) is 92.0 Å². The van der Waals surface area contributed by atoms with Crippen LogP contribution in [0.25, 0.3) is 141 Å². The van der Waals surface area contributed by atoms with Crippen LogP contribution in [-0.4, -0.2) is 26.3 Å². The number of alkyl halides is 6. The molecule has 93 heavy (non-hydrogen) atoms. The number of hydrogen-bond acceptors (Lipinski definition) is 5. The molecule has 0 aliphatic rings. The molecule has 16 heteroatoms. The van der Waals surface area contributed by atoms with E-state index in [1.165, 1.54) is 69.2 Å². The molecule has 0 atom stereocenters. The molecule has 0 saturated carbocycles. The molecular formula is C77H43F7Ir4N4O-4. The summed E-state index contributed by atoms with van der Waals surface area (Å²) >= 11 is 0. The molecular weight excluding hydrogens is 1900 g/mol. The van der Waals surface area contributed by atoms with E-state index < -0.39 is 18.1 Å². The van der Waals surface area contributed by atoms with E-state index in [2.05, 4.69) is 129 Å². The Kier molecular flexibility index (Phi) is 20.3. The molecule has 466 valence electrons. The van der Waals surface area contributed by atoms with Crippen LogP contribution in [0.2, 0.25) is 0 Å². The molecule has 0 aliphatic carbocycles. The van der Waals surface area contributed by atoms with E-state index in [4.69, 9.17) is 4.98 Å². The number of rotatable bonds is 2. The van der Waals surface area contributed by atoms with Gasteiger partial charge in [0.15, 0.2) is 0 Å². The zero-order chi connectivity index (χ0) is 61.0. The second-order valence-corrected chi connectivity index (χ2v) is 21.4. The largest absolute Gasteiger partial charge is 0.564 e. The number of nitrogens with zero attached hydrogens (tertiary/aromatic N) is 4. The molecule has 17 rings (SSSR count). The standard InChI is InChI=1S/C23H14N.C19H11F3NO.C18H9F3N.C17H9FN.4Ir/c1-2-6-16(7-3-1)17-10-12-21-18(14-17)11-13-22-20-9-5-4-8-19(20)15-24-23(21)22;1-11-2-5-15-13(8-11)10-23-18-16-7-4-14(24-19(20,21)22)9-12(16)3-6-17(15)18;19-18(20,21)13-6-8-14-12(9-13)10-22-17-15-4-2-1-3-11(15)5-7-16(14)17;18-13-6-8-14-12(9-13)10-19-17-15-4-2-1-3-11(15)5-7-16(14)17;;;;/h1-11,13-15H;2-6,8-10H,1H3;1-3,5-10H;1-3,5-10H;;;;/q4*-1;;;;. The quantitative estimate of drug-likeness (QED) is 0.0981. The molecule has 0 aliphatic heterocycles. The van der Waals surface area contributed by atoms with Crippen LogP contribution in [0, 0.1) is 37.0 Å². The van der Waals surface area contributed by atoms with Crippen LogP contribution >= 0.6 is 0 Å². The van der Waals surface area contributed by atoms with Gasteiger partial charge in [-0.25, -0.2) is 4.39 Å². The number of pyridine rings is 4. The third-order valence-corrected chi connectivity index (χ3v) is 15.8. The predicted molar refractivity (Wildman–Crippen MR) is 344 cm³/mol. The summed E-state index contributed by atoms with van der Waals surface area (Å²) in [6.07, 6.45) is -2.12. The van der Waals surface area contributed by atoms with Crippen molar-refractivity contribution >= 4 is 130 Å². The van der Waals surface area contributed by atoms with E-state index in [0.717, 1.165) is 104 Å². The van der Waals surface area contributed by atoms with Gasteiger partial charge in [-0.2, -0.15) is 13.2 Å². The summed E-state index contributed by atoms with van der Waals surface area (Å²) in [5.41, 5.74) is 6.28. The van der Waals surface area contributed by atoms with Crippen LogP contribution in [0.5, 0.6) is 5.75 Å². The summed E-state index contributed by atoms with van der Waals surface area (Å²) in [6, 6.07) is 80.5. The van der Waals surface area contributed by atoms with Crippen molar-refractivity contribution in [3.05, 3.63) is 284 Å². The van der Waals surface area contributed by atoms with E-state index in [9.17, 15) is 30.7 Å². The summed E-state index contributed by atoms with van der Waals surface area (Å²) < 4.78 is 92.7. The fourth-order valence-electron chi connectivity index (χ4n) is 11.6. The Morgan fingerprint density at radius 2 is 0.774 bits per heavy atom. The van der Waals surface area contributed by atoms with Crippen molar-refractivity contribution in [3.8, 4) is 16.9 Å². The maximum absolute atomic E-state index is 13.3. The fraction of sp³-hybridized carbons (Fsp3) is 0.0390. The predicted octanol–water partition coefficient (Wildman–Crippen LogP) is 21.4. The van der Waals surface area contributed by atoms with E-state index >= 15 is 0 Å². The van der Waals surface area contributed by atoms with Crippen molar-refractivity contribution in [2.24, 2.45) is 0 Å².